The minimum Gasteiger partial charge on any atom is -0.621 e. The molecule has 56 valence electrons. The molecule has 1 aliphatic rings. The zero-order chi connectivity index (χ0) is 7.84. The van der Waals surface area contributed by atoms with Crippen LogP contribution in [0.25, 0.3) is 0 Å². The van der Waals surface area contributed by atoms with Crippen molar-refractivity contribution >= 4 is 18.0 Å². The quantitative estimate of drug-likeness (QED) is 0.406. The molecule has 1 aliphatic heterocycles. The molecular formula is C5H5N5O. The summed E-state index contributed by atoms with van der Waals surface area (Å²) >= 11 is 0. The van der Waals surface area contributed by atoms with E-state index in [9.17, 15) is 5.21 Å². The molecular weight excluding hydrogens is 146 g/mol. The lowest BCUT2D eigenvalue weighted by Crippen LogP contribution is -3.09. The van der Waals surface area contributed by atoms with Crippen LogP contribution in [0.1, 0.15) is 5.69 Å². The third kappa shape index (κ3) is 0.769. The molecule has 0 aliphatic carbocycles. The highest BCUT2D eigenvalue weighted by atomic mass is 16.5. The van der Waals surface area contributed by atoms with Gasteiger partial charge < -0.3 is 10.2 Å². The molecule has 1 atom stereocenters. The average molecular weight is 151 g/mol. The van der Waals surface area contributed by atoms with E-state index in [-0.39, 0.29) is 10.9 Å². The lowest BCUT2D eigenvalue weighted by molar-refractivity contribution is -0.628. The van der Waals surface area contributed by atoms with Crippen LogP contribution in [0.2, 0.25) is 0 Å². The molecule has 0 bridgehead atoms. The molecule has 0 spiro atoms. The number of amidine groups is 1. The van der Waals surface area contributed by atoms with Gasteiger partial charge in [0.05, 0.1) is 6.33 Å². The van der Waals surface area contributed by atoms with Gasteiger partial charge in [-0.3, -0.25) is 5.06 Å². The molecule has 1 unspecified atom stereocenters. The van der Waals surface area contributed by atoms with Crippen molar-refractivity contribution in [2.24, 2.45) is 4.99 Å². The number of quaternary nitrogens is 1. The van der Waals surface area contributed by atoms with Gasteiger partial charge in [0.25, 0.3) is 5.84 Å². The topological polar surface area (TPSA) is 92.4 Å². The molecule has 3 N–H and O–H groups in total. The number of aliphatic imine (C=N–C) groups is 1. The summed E-state index contributed by atoms with van der Waals surface area (Å²) < 4.78 is 0. The van der Waals surface area contributed by atoms with Gasteiger partial charge in [0, 0.05) is 0 Å². The summed E-state index contributed by atoms with van der Waals surface area (Å²) in [7, 11) is 0. The van der Waals surface area contributed by atoms with Crippen LogP contribution in [-0.4, -0.2) is 22.1 Å². The van der Waals surface area contributed by atoms with Crippen molar-refractivity contribution in [1.82, 2.24) is 9.97 Å². The van der Waals surface area contributed by atoms with Crippen LogP contribution >= 0.6 is 0 Å². The lowest BCUT2D eigenvalue weighted by Gasteiger charge is -2.17. The number of fused-ring (bicyclic) bond motifs is 1. The third-order valence-corrected chi connectivity index (χ3v) is 1.42. The highest BCUT2D eigenvalue weighted by Gasteiger charge is 2.19. The predicted octanol–water partition coefficient (Wildman–Crippen LogP) is -1.21. The summed E-state index contributed by atoms with van der Waals surface area (Å²) in [5.41, 5.74) is 0.400. The molecule has 1 aromatic heterocycles. The van der Waals surface area contributed by atoms with Gasteiger partial charge in [-0.1, -0.05) is 0 Å². The van der Waals surface area contributed by atoms with E-state index in [1.165, 1.54) is 6.33 Å². The van der Waals surface area contributed by atoms with Crippen LogP contribution in [-0.2, 0) is 0 Å². The van der Waals surface area contributed by atoms with Gasteiger partial charge in [-0.15, -0.1) is 0 Å². The number of imidazole rings is 1. The zero-order valence-electron chi connectivity index (χ0n) is 5.46. The van der Waals surface area contributed by atoms with Gasteiger partial charge in [-0.25, -0.2) is 10.4 Å². The van der Waals surface area contributed by atoms with Gasteiger partial charge in [0.2, 0.25) is 0 Å². The van der Waals surface area contributed by atoms with E-state index in [2.05, 4.69) is 15.0 Å². The second kappa shape index (κ2) is 1.97. The molecule has 0 aromatic carbocycles. The van der Waals surface area contributed by atoms with Gasteiger partial charge in [-0.05, 0) is 0 Å². The number of hydrogen-bond donors (Lipinski definition) is 3. The molecule has 0 fully saturated rings. The van der Waals surface area contributed by atoms with Gasteiger partial charge in [0.1, 0.15) is 0 Å². The smallest absolute Gasteiger partial charge is 0.252 e. The van der Waals surface area contributed by atoms with Crippen molar-refractivity contribution in [3.63, 3.8) is 0 Å². The third-order valence-electron chi connectivity index (χ3n) is 1.42. The number of rotatable bonds is 0. The van der Waals surface area contributed by atoms with E-state index < -0.39 is 0 Å². The van der Waals surface area contributed by atoms with Crippen molar-refractivity contribution in [3.8, 4) is 0 Å². The molecule has 1 aromatic rings. The maximum Gasteiger partial charge on any atom is 0.252 e. The van der Waals surface area contributed by atoms with Crippen molar-refractivity contribution < 1.29 is 5.06 Å². The summed E-state index contributed by atoms with van der Waals surface area (Å²) in [4.78, 5) is 10.2. The Hall–Kier alpha value is -1.53. The summed E-state index contributed by atoms with van der Waals surface area (Å²) in [6.07, 6.45) is 2.51. The molecule has 0 radical (unpaired) electrons. The summed E-state index contributed by atoms with van der Waals surface area (Å²) in [5, 5.41) is 17.7. The Bertz CT molecular complexity index is 327. The first-order valence-electron chi connectivity index (χ1n) is 3.00. The fraction of sp³-hybridized carbons (Fsp3) is 0. The molecule has 6 heteroatoms. The van der Waals surface area contributed by atoms with Crippen LogP contribution in [0.5, 0.6) is 0 Å². The van der Waals surface area contributed by atoms with Crippen LogP contribution in [0, 0.1) is 10.6 Å². The van der Waals surface area contributed by atoms with Gasteiger partial charge in [0.15, 0.2) is 17.9 Å². The van der Waals surface area contributed by atoms with Crippen molar-refractivity contribution in [3.05, 3.63) is 17.2 Å². The first-order chi connectivity index (χ1) is 5.29. The normalized spacial score (nSPS) is 21.9. The van der Waals surface area contributed by atoms with E-state index in [1.807, 2.05) is 0 Å². The Balaban J connectivity index is 2.57. The highest BCUT2D eigenvalue weighted by Crippen LogP contribution is 2.12. The number of hydrogen-bond acceptors (Lipinski definition) is 4. The molecule has 11 heavy (non-hydrogen) atoms. The number of nitrogens with zero attached hydrogens (tertiary/aromatic N) is 2. The fourth-order valence-corrected chi connectivity index (χ4v) is 0.876. The van der Waals surface area contributed by atoms with E-state index in [4.69, 9.17) is 5.41 Å². The number of aromatic nitrogens is 2. The van der Waals surface area contributed by atoms with E-state index in [0.717, 1.165) is 6.34 Å². The Labute approximate surface area is 61.7 Å². The SMILES string of the molecule is N=C1c2[nH]cnc2N=C[NH+]1[O-]. The first-order valence-corrected chi connectivity index (χ1v) is 3.00. The minimum absolute atomic E-state index is 0.0764. The Morgan fingerprint density at radius 3 is 3.27 bits per heavy atom. The molecule has 0 saturated carbocycles. The van der Waals surface area contributed by atoms with Crippen molar-refractivity contribution in [1.29, 1.82) is 5.41 Å². The summed E-state index contributed by atoms with van der Waals surface area (Å²) in [6.45, 7) is 0. The Morgan fingerprint density at radius 2 is 2.45 bits per heavy atom. The lowest BCUT2D eigenvalue weighted by atomic mass is 10.4. The number of aromatic amines is 1. The van der Waals surface area contributed by atoms with Crippen LogP contribution in [0.15, 0.2) is 11.3 Å². The standard InChI is InChI=1S/C5H5N5O/c6-4-3-5(8-1-7-3)9-2-10(4)11/h1-2,6,10H,(H,7,8). The summed E-state index contributed by atoms with van der Waals surface area (Å²) in [6, 6.07) is 0. The number of nitrogens with one attached hydrogen (secondary N) is 3. The highest BCUT2D eigenvalue weighted by molar-refractivity contribution is 5.97. The maximum absolute atomic E-state index is 10.8. The van der Waals surface area contributed by atoms with E-state index in [1.54, 1.807) is 0 Å². The van der Waals surface area contributed by atoms with Crippen LogP contribution in [0.4, 0.5) is 5.82 Å². The molecule has 6 nitrogen and oxygen atoms in total. The largest absolute Gasteiger partial charge is 0.621 e. The number of H-pyrrole nitrogens is 1. The first kappa shape index (κ1) is 6.20. The van der Waals surface area contributed by atoms with Crippen molar-refractivity contribution in [2.45, 2.75) is 0 Å². The minimum atomic E-state index is -0.387. The van der Waals surface area contributed by atoms with E-state index in [0.29, 0.717) is 11.5 Å². The molecule has 0 saturated heterocycles. The number of hydroxylamine groups is 2. The Morgan fingerprint density at radius 1 is 1.64 bits per heavy atom. The van der Waals surface area contributed by atoms with Crippen LogP contribution < -0.4 is 5.06 Å². The predicted molar refractivity (Wildman–Crippen MR) is 37.9 cm³/mol. The second-order valence-corrected chi connectivity index (χ2v) is 2.10. The van der Waals surface area contributed by atoms with E-state index >= 15 is 0 Å². The van der Waals surface area contributed by atoms with Crippen molar-refractivity contribution in [2.75, 3.05) is 0 Å². The Kier molecular flexibility index (Phi) is 1.11. The van der Waals surface area contributed by atoms with Gasteiger partial charge >= 0.3 is 0 Å². The second-order valence-electron chi connectivity index (χ2n) is 2.10. The molecule has 2 rings (SSSR count). The zero-order valence-corrected chi connectivity index (χ0v) is 5.46. The summed E-state index contributed by atoms with van der Waals surface area (Å²) in [5.74, 6) is 0.335. The molecule has 0 amide bonds. The average Bonchev–Trinajstić information content (AvgIpc) is 2.45. The van der Waals surface area contributed by atoms with Gasteiger partial charge in [-0.2, -0.15) is 4.99 Å². The van der Waals surface area contributed by atoms with Crippen LogP contribution in [0.3, 0.4) is 0 Å². The monoisotopic (exact) mass is 151 g/mol. The maximum atomic E-state index is 10.8. The fourth-order valence-electron chi connectivity index (χ4n) is 0.876. The molecule has 2 heterocycles.